The van der Waals surface area contributed by atoms with Crippen molar-refractivity contribution in [1.82, 2.24) is 4.90 Å². The highest BCUT2D eigenvalue weighted by Gasteiger charge is 2.39. The van der Waals surface area contributed by atoms with E-state index in [0.717, 1.165) is 27.9 Å². The summed E-state index contributed by atoms with van der Waals surface area (Å²) in [5, 5.41) is 3.27. The summed E-state index contributed by atoms with van der Waals surface area (Å²) in [6.07, 6.45) is 0.620. The van der Waals surface area contributed by atoms with Gasteiger partial charge in [-0.25, -0.2) is 0 Å². The van der Waals surface area contributed by atoms with Crippen molar-refractivity contribution in [1.29, 1.82) is 0 Å². The molecule has 168 valence electrons. The van der Waals surface area contributed by atoms with Crippen LogP contribution < -0.4 is 5.32 Å². The third-order valence-corrected chi connectivity index (χ3v) is 6.28. The van der Waals surface area contributed by atoms with Crippen LogP contribution in [-0.4, -0.2) is 23.3 Å². The fourth-order valence-electron chi connectivity index (χ4n) is 4.04. The van der Waals surface area contributed by atoms with Crippen LogP contribution in [0, 0.1) is 13.8 Å². The summed E-state index contributed by atoms with van der Waals surface area (Å²) in [5.74, 6) is -0.106. The first-order valence-electron chi connectivity index (χ1n) is 11.4. The summed E-state index contributed by atoms with van der Waals surface area (Å²) in [7, 11) is 0. The van der Waals surface area contributed by atoms with Gasteiger partial charge in [-0.3, -0.25) is 14.5 Å². The van der Waals surface area contributed by atoms with E-state index in [4.69, 9.17) is 0 Å². The highest BCUT2D eigenvalue weighted by Crippen LogP contribution is 2.32. The number of rotatable bonds is 7. The minimum Gasteiger partial charge on any atom is -0.350 e. The van der Waals surface area contributed by atoms with Crippen LogP contribution in [0.1, 0.15) is 47.6 Å². The van der Waals surface area contributed by atoms with Crippen molar-refractivity contribution in [2.75, 3.05) is 11.9 Å². The molecule has 3 aromatic carbocycles. The lowest BCUT2D eigenvalue weighted by molar-refractivity contribution is -0.136. The molecule has 0 saturated heterocycles. The van der Waals surface area contributed by atoms with Gasteiger partial charge in [-0.2, -0.15) is 0 Å². The molecule has 33 heavy (non-hydrogen) atoms. The Hall–Kier alpha value is -3.66. The molecule has 1 heterocycles. The standard InChI is InChI=1S/C29H30N2O2/c1-19(2)23-12-14-25(15-13-23)30-27-26(24-11-10-20(3)21(4)18-24)28(32)31(29(27)33)17-16-22-8-6-5-7-9-22/h5-15,18-19,30H,16-17H2,1-4H3. The average molecular weight is 439 g/mol. The van der Waals surface area contributed by atoms with Crippen LogP contribution in [0.5, 0.6) is 0 Å². The first-order chi connectivity index (χ1) is 15.8. The maximum atomic E-state index is 13.5. The van der Waals surface area contributed by atoms with Gasteiger partial charge in [-0.15, -0.1) is 0 Å². The Balaban J connectivity index is 1.68. The third kappa shape index (κ3) is 4.75. The molecule has 0 bridgehead atoms. The van der Waals surface area contributed by atoms with E-state index in [0.29, 0.717) is 30.2 Å². The number of carbonyl (C=O) groups excluding carboxylic acids is 2. The summed E-state index contributed by atoms with van der Waals surface area (Å²) >= 11 is 0. The Bertz CT molecular complexity index is 1210. The summed E-state index contributed by atoms with van der Waals surface area (Å²) < 4.78 is 0. The van der Waals surface area contributed by atoms with Crippen molar-refractivity contribution in [3.63, 3.8) is 0 Å². The molecule has 0 saturated carbocycles. The quantitative estimate of drug-likeness (QED) is 0.470. The zero-order chi connectivity index (χ0) is 23.5. The summed E-state index contributed by atoms with van der Waals surface area (Å²) in [5.41, 5.74) is 6.89. The van der Waals surface area contributed by atoms with Gasteiger partial charge in [0, 0.05) is 12.2 Å². The summed E-state index contributed by atoms with van der Waals surface area (Å²) in [4.78, 5) is 28.3. The van der Waals surface area contributed by atoms with Gasteiger partial charge < -0.3 is 5.32 Å². The first-order valence-corrected chi connectivity index (χ1v) is 11.4. The molecule has 0 atom stereocenters. The number of benzene rings is 3. The third-order valence-electron chi connectivity index (χ3n) is 6.28. The Labute approximate surface area is 195 Å². The maximum Gasteiger partial charge on any atom is 0.278 e. The van der Waals surface area contributed by atoms with Crippen LogP contribution in [0.3, 0.4) is 0 Å². The van der Waals surface area contributed by atoms with Gasteiger partial charge in [0.1, 0.15) is 5.70 Å². The lowest BCUT2D eigenvalue weighted by Gasteiger charge is -2.15. The number of amides is 2. The SMILES string of the molecule is Cc1ccc(C2=C(Nc3ccc(C(C)C)cc3)C(=O)N(CCc3ccccc3)C2=O)cc1C. The molecule has 4 rings (SSSR count). The van der Waals surface area contributed by atoms with Gasteiger partial charge in [0.2, 0.25) is 0 Å². The van der Waals surface area contributed by atoms with E-state index in [-0.39, 0.29) is 11.8 Å². The highest BCUT2D eigenvalue weighted by molar-refractivity contribution is 6.36. The van der Waals surface area contributed by atoms with Crippen molar-refractivity contribution in [3.8, 4) is 0 Å². The van der Waals surface area contributed by atoms with Gasteiger partial charge in [-0.05, 0) is 66.1 Å². The summed E-state index contributed by atoms with van der Waals surface area (Å²) in [6.45, 7) is 8.69. The Kier molecular flexibility index (Phi) is 6.45. The molecular formula is C29H30N2O2. The highest BCUT2D eigenvalue weighted by atomic mass is 16.2. The molecule has 1 N–H and O–H groups in total. The van der Waals surface area contributed by atoms with Crippen LogP contribution in [0.15, 0.2) is 78.5 Å². The predicted octanol–water partition coefficient (Wildman–Crippen LogP) is 5.86. The van der Waals surface area contributed by atoms with E-state index in [2.05, 4.69) is 31.3 Å². The van der Waals surface area contributed by atoms with Crippen molar-refractivity contribution in [3.05, 3.63) is 106 Å². The second kappa shape index (κ2) is 9.45. The fourth-order valence-corrected chi connectivity index (χ4v) is 4.04. The van der Waals surface area contributed by atoms with E-state index in [1.807, 2.05) is 74.5 Å². The van der Waals surface area contributed by atoms with Gasteiger partial charge >= 0.3 is 0 Å². The van der Waals surface area contributed by atoms with Crippen molar-refractivity contribution < 1.29 is 9.59 Å². The number of carbonyl (C=O) groups is 2. The maximum absolute atomic E-state index is 13.5. The largest absolute Gasteiger partial charge is 0.350 e. The second-order valence-corrected chi connectivity index (χ2v) is 8.95. The number of nitrogens with zero attached hydrogens (tertiary/aromatic N) is 1. The zero-order valence-electron chi connectivity index (χ0n) is 19.7. The predicted molar refractivity (Wildman–Crippen MR) is 134 cm³/mol. The van der Waals surface area contributed by atoms with Gasteiger partial charge in [0.15, 0.2) is 0 Å². The van der Waals surface area contributed by atoms with E-state index >= 15 is 0 Å². The number of hydrogen-bond acceptors (Lipinski definition) is 3. The van der Waals surface area contributed by atoms with Gasteiger partial charge in [0.05, 0.1) is 5.57 Å². The number of aryl methyl sites for hydroxylation is 2. The van der Waals surface area contributed by atoms with Gasteiger partial charge in [-0.1, -0.05) is 74.5 Å². The first kappa shape index (κ1) is 22.5. The van der Waals surface area contributed by atoms with E-state index in [1.165, 1.54) is 10.5 Å². The number of hydrogen-bond donors (Lipinski definition) is 1. The lowest BCUT2D eigenvalue weighted by Crippen LogP contribution is -2.34. The van der Waals surface area contributed by atoms with Crippen LogP contribution in [-0.2, 0) is 16.0 Å². The number of imide groups is 1. The molecule has 0 unspecified atom stereocenters. The molecule has 0 aromatic heterocycles. The van der Waals surface area contributed by atoms with Crippen molar-refractivity contribution in [2.45, 2.75) is 40.0 Å². The van der Waals surface area contributed by atoms with Crippen LogP contribution >= 0.6 is 0 Å². The van der Waals surface area contributed by atoms with E-state index in [9.17, 15) is 9.59 Å². The molecule has 2 amide bonds. The number of anilines is 1. The summed E-state index contributed by atoms with van der Waals surface area (Å²) in [6, 6.07) is 23.9. The molecule has 3 aromatic rings. The molecule has 4 heteroatoms. The fraction of sp³-hybridized carbons (Fsp3) is 0.241. The van der Waals surface area contributed by atoms with Crippen LogP contribution in [0.4, 0.5) is 5.69 Å². The Morgan fingerprint density at radius 3 is 2.15 bits per heavy atom. The molecule has 0 spiro atoms. The monoisotopic (exact) mass is 438 g/mol. The zero-order valence-corrected chi connectivity index (χ0v) is 19.7. The minimum atomic E-state index is -0.280. The molecule has 0 aliphatic carbocycles. The topological polar surface area (TPSA) is 49.4 Å². The van der Waals surface area contributed by atoms with Crippen molar-refractivity contribution in [2.24, 2.45) is 0 Å². The minimum absolute atomic E-state index is 0.250. The normalized spacial score (nSPS) is 13.9. The molecule has 1 aliphatic heterocycles. The Morgan fingerprint density at radius 1 is 0.818 bits per heavy atom. The van der Waals surface area contributed by atoms with E-state index < -0.39 is 0 Å². The van der Waals surface area contributed by atoms with Crippen LogP contribution in [0.25, 0.3) is 5.57 Å². The molecule has 0 radical (unpaired) electrons. The molecule has 0 fully saturated rings. The van der Waals surface area contributed by atoms with Crippen molar-refractivity contribution >= 4 is 23.1 Å². The smallest absolute Gasteiger partial charge is 0.278 e. The average Bonchev–Trinajstić information content (AvgIpc) is 3.04. The van der Waals surface area contributed by atoms with E-state index in [1.54, 1.807) is 0 Å². The molecule has 1 aliphatic rings. The molecular weight excluding hydrogens is 408 g/mol. The number of nitrogens with one attached hydrogen (secondary N) is 1. The molecule has 4 nitrogen and oxygen atoms in total. The van der Waals surface area contributed by atoms with Gasteiger partial charge in [0.25, 0.3) is 11.8 Å². The van der Waals surface area contributed by atoms with Crippen LogP contribution in [0.2, 0.25) is 0 Å². The lowest BCUT2D eigenvalue weighted by atomic mass is 9.99. The second-order valence-electron chi connectivity index (χ2n) is 8.95. The Morgan fingerprint density at radius 2 is 1.52 bits per heavy atom.